The maximum absolute atomic E-state index is 4.37. The van der Waals surface area contributed by atoms with E-state index in [9.17, 15) is 0 Å². The second-order valence-electron chi connectivity index (χ2n) is 4.77. The highest BCUT2D eigenvalue weighted by Gasteiger charge is 2.19. The van der Waals surface area contributed by atoms with Crippen LogP contribution in [0.1, 0.15) is 43.5 Å². The maximum Gasteiger partial charge on any atom is 0.0641 e. The minimum Gasteiger partial charge on any atom is -0.310 e. The average molecular weight is 207 g/mol. The van der Waals surface area contributed by atoms with Crippen LogP contribution in [0.4, 0.5) is 0 Å². The zero-order valence-corrected chi connectivity index (χ0v) is 9.95. The van der Waals surface area contributed by atoms with Crippen molar-refractivity contribution in [1.82, 2.24) is 15.1 Å². The van der Waals surface area contributed by atoms with Gasteiger partial charge >= 0.3 is 0 Å². The zero-order chi connectivity index (χ0) is 10.8. The lowest BCUT2D eigenvalue weighted by atomic mass is 9.85. The molecule has 1 aromatic rings. The van der Waals surface area contributed by atoms with E-state index in [1.54, 1.807) is 0 Å². The Morgan fingerprint density at radius 3 is 2.80 bits per heavy atom. The molecule has 1 aromatic heterocycles. The molecule has 1 aliphatic carbocycles. The fourth-order valence-corrected chi connectivity index (χ4v) is 2.19. The molecule has 1 saturated carbocycles. The lowest BCUT2D eigenvalue weighted by molar-refractivity contribution is 0.292. The van der Waals surface area contributed by atoms with Gasteiger partial charge in [0.2, 0.25) is 0 Å². The van der Waals surface area contributed by atoms with E-state index in [1.807, 2.05) is 11.7 Å². The normalized spacial score (nSPS) is 18.9. The highest BCUT2D eigenvalue weighted by Crippen LogP contribution is 2.26. The van der Waals surface area contributed by atoms with Gasteiger partial charge in [-0.1, -0.05) is 6.42 Å². The molecule has 0 radical (unpaired) electrons. The minimum atomic E-state index is 0.430. The second kappa shape index (κ2) is 4.35. The molecule has 2 rings (SSSR count). The molecular formula is C12H21N3. The number of aromatic nitrogens is 2. The number of nitrogens with zero attached hydrogens (tertiary/aromatic N) is 2. The summed E-state index contributed by atoms with van der Waals surface area (Å²) in [6, 6.07) is 0.430. The van der Waals surface area contributed by atoms with Gasteiger partial charge in [0.25, 0.3) is 0 Å². The van der Waals surface area contributed by atoms with Gasteiger partial charge in [-0.15, -0.1) is 0 Å². The van der Waals surface area contributed by atoms with E-state index in [0.717, 1.165) is 18.2 Å². The van der Waals surface area contributed by atoms with Crippen LogP contribution in [-0.2, 0) is 7.05 Å². The predicted molar refractivity (Wildman–Crippen MR) is 61.7 cm³/mol. The van der Waals surface area contributed by atoms with E-state index >= 15 is 0 Å². The Morgan fingerprint density at radius 1 is 1.60 bits per heavy atom. The number of aryl methyl sites for hydroxylation is 2. The summed E-state index contributed by atoms with van der Waals surface area (Å²) in [7, 11) is 1.98. The van der Waals surface area contributed by atoms with Crippen molar-refractivity contribution in [3.05, 3.63) is 17.5 Å². The zero-order valence-electron chi connectivity index (χ0n) is 9.95. The van der Waals surface area contributed by atoms with Gasteiger partial charge in [0.05, 0.1) is 5.69 Å². The Labute approximate surface area is 91.9 Å². The summed E-state index contributed by atoms with van der Waals surface area (Å²) in [6.45, 7) is 5.47. The molecule has 0 aliphatic heterocycles. The number of hydrogen-bond acceptors (Lipinski definition) is 2. The summed E-state index contributed by atoms with van der Waals surface area (Å²) in [5.41, 5.74) is 2.47. The van der Waals surface area contributed by atoms with Crippen LogP contribution in [0.2, 0.25) is 0 Å². The second-order valence-corrected chi connectivity index (χ2v) is 4.77. The van der Waals surface area contributed by atoms with E-state index in [0.29, 0.717) is 6.04 Å². The van der Waals surface area contributed by atoms with Crippen LogP contribution < -0.4 is 5.32 Å². The molecule has 84 valence electrons. The molecule has 1 heterocycles. The van der Waals surface area contributed by atoms with Crippen molar-refractivity contribution in [2.75, 3.05) is 6.54 Å². The highest BCUT2D eigenvalue weighted by molar-refractivity contribution is 5.19. The Balaban J connectivity index is 1.88. The van der Waals surface area contributed by atoms with Crippen molar-refractivity contribution in [3.8, 4) is 0 Å². The SMILES string of the molecule is Cc1nn(C)cc1C(C)NCC1CCC1. The summed E-state index contributed by atoms with van der Waals surface area (Å²) in [4.78, 5) is 0. The number of nitrogens with one attached hydrogen (secondary N) is 1. The van der Waals surface area contributed by atoms with Gasteiger partial charge in [-0.3, -0.25) is 4.68 Å². The van der Waals surface area contributed by atoms with Gasteiger partial charge in [-0.05, 0) is 39.2 Å². The van der Waals surface area contributed by atoms with Crippen LogP contribution in [0.15, 0.2) is 6.20 Å². The predicted octanol–water partition coefficient (Wildman–Crippen LogP) is 2.18. The highest BCUT2D eigenvalue weighted by atomic mass is 15.3. The molecule has 1 N–H and O–H groups in total. The molecule has 1 atom stereocenters. The van der Waals surface area contributed by atoms with Crippen LogP contribution in [-0.4, -0.2) is 16.3 Å². The molecule has 1 unspecified atom stereocenters. The Kier molecular flexibility index (Phi) is 3.10. The van der Waals surface area contributed by atoms with Gasteiger partial charge in [0.1, 0.15) is 0 Å². The first-order valence-corrected chi connectivity index (χ1v) is 5.90. The molecule has 0 aromatic carbocycles. The topological polar surface area (TPSA) is 29.9 Å². The fourth-order valence-electron chi connectivity index (χ4n) is 2.19. The number of hydrogen-bond donors (Lipinski definition) is 1. The third kappa shape index (κ3) is 2.40. The summed E-state index contributed by atoms with van der Waals surface area (Å²) in [5.74, 6) is 0.921. The molecule has 3 heteroatoms. The van der Waals surface area contributed by atoms with Crippen molar-refractivity contribution in [2.24, 2.45) is 13.0 Å². The van der Waals surface area contributed by atoms with Crippen molar-refractivity contribution in [1.29, 1.82) is 0 Å². The monoisotopic (exact) mass is 207 g/mol. The van der Waals surface area contributed by atoms with E-state index in [1.165, 1.54) is 24.8 Å². The molecule has 15 heavy (non-hydrogen) atoms. The van der Waals surface area contributed by atoms with E-state index in [-0.39, 0.29) is 0 Å². The van der Waals surface area contributed by atoms with E-state index in [4.69, 9.17) is 0 Å². The molecule has 0 amide bonds. The first-order chi connectivity index (χ1) is 7.16. The van der Waals surface area contributed by atoms with Crippen molar-refractivity contribution in [2.45, 2.75) is 39.2 Å². The van der Waals surface area contributed by atoms with Gasteiger partial charge in [-0.2, -0.15) is 5.10 Å². The standard InChI is InChI=1S/C12H21N3/c1-9(13-7-11-5-4-6-11)12-8-15(3)14-10(12)2/h8-9,11,13H,4-7H2,1-3H3. The lowest BCUT2D eigenvalue weighted by Crippen LogP contribution is -2.29. The van der Waals surface area contributed by atoms with E-state index in [2.05, 4.69) is 30.5 Å². The fraction of sp³-hybridized carbons (Fsp3) is 0.750. The van der Waals surface area contributed by atoms with Crippen LogP contribution in [0.3, 0.4) is 0 Å². The van der Waals surface area contributed by atoms with Crippen LogP contribution >= 0.6 is 0 Å². The van der Waals surface area contributed by atoms with Crippen LogP contribution in [0.5, 0.6) is 0 Å². The molecule has 3 nitrogen and oxygen atoms in total. The molecule has 0 bridgehead atoms. The maximum atomic E-state index is 4.37. The Hall–Kier alpha value is -0.830. The summed E-state index contributed by atoms with van der Waals surface area (Å²) in [6.07, 6.45) is 6.36. The first-order valence-electron chi connectivity index (χ1n) is 5.90. The summed E-state index contributed by atoms with van der Waals surface area (Å²) >= 11 is 0. The minimum absolute atomic E-state index is 0.430. The molecular weight excluding hydrogens is 186 g/mol. The number of rotatable bonds is 4. The molecule has 1 aliphatic rings. The van der Waals surface area contributed by atoms with Gasteiger partial charge < -0.3 is 5.32 Å². The van der Waals surface area contributed by atoms with Gasteiger partial charge in [0.15, 0.2) is 0 Å². The van der Waals surface area contributed by atoms with E-state index < -0.39 is 0 Å². The quantitative estimate of drug-likeness (QED) is 0.820. The molecule has 0 spiro atoms. The van der Waals surface area contributed by atoms with Crippen LogP contribution in [0.25, 0.3) is 0 Å². The van der Waals surface area contributed by atoms with Crippen molar-refractivity contribution < 1.29 is 0 Å². The third-order valence-electron chi connectivity index (χ3n) is 3.46. The Bertz CT molecular complexity index is 326. The average Bonchev–Trinajstić information content (AvgIpc) is 2.42. The lowest BCUT2D eigenvalue weighted by Gasteiger charge is -2.27. The molecule has 0 saturated heterocycles. The molecule has 1 fully saturated rings. The smallest absolute Gasteiger partial charge is 0.0641 e. The summed E-state index contributed by atoms with van der Waals surface area (Å²) < 4.78 is 1.90. The largest absolute Gasteiger partial charge is 0.310 e. The third-order valence-corrected chi connectivity index (χ3v) is 3.46. The van der Waals surface area contributed by atoms with Crippen molar-refractivity contribution >= 4 is 0 Å². The van der Waals surface area contributed by atoms with Crippen molar-refractivity contribution in [3.63, 3.8) is 0 Å². The van der Waals surface area contributed by atoms with Crippen LogP contribution in [0, 0.1) is 12.8 Å². The first kappa shape index (κ1) is 10.7. The van der Waals surface area contributed by atoms with Gasteiger partial charge in [0, 0.05) is 24.8 Å². The summed E-state index contributed by atoms with van der Waals surface area (Å²) in [5, 5.41) is 7.97. The Morgan fingerprint density at radius 2 is 2.33 bits per heavy atom. The van der Waals surface area contributed by atoms with Gasteiger partial charge in [-0.25, -0.2) is 0 Å².